The van der Waals surface area contributed by atoms with E-state index in [9.17, 15) is 4.21 Å². The van der Waals surface area contributed by atoms with Crippen molar-refractivity contribution in [2.75, 3.05) is 6.26 Å². The molecule has 0 aliphatic carbocycles. The molecular weight excluding hydrogens is 336 g/mol. The van der Waals surface area contributed by atoms with Crippen LogP contribution in [0.2, 0.25) is 0 Å². The Balaban J connectivity index is 1.83. The minimum atomic E-state index is -2.33. The van der Waals surface area contributed by atoms with E-state index in [0.717, 1.165) is 21.9 Å². The van der Waals surface area contributed by atoms with E-state index >= 15 is 0 Å². The van der Waals surface area contributed by atoms with E-state index in [1.54, 1.807) is 6.26 Å². The Morgan fingerprint density at radius 3 is 1.92 bits per heavy atom. The van der Waals surface area contributed by atoms with E-state index in [2.05, 4.69) is 41.5 Å². The zero-order valence-corrected chi connectivity index (χ0v) is 15.4. The van der Waals surface area contributed by atoms with Gasteiger partial charge in [0.25, 0.3) is 0 Å². The van der Waals surface area contributed by atoms with Crippen molar-refractivity contribution in [2.45, 2.75) is 5.75 Å². The highest BCUT2D eigenvalue weighted by molar-refractivity contribution is 8.06. The summed E-state index contributed by atoms with van der Waals surface area (Å²) in [4.78, 5) is 0. The van der Waals surface area contributed by atoms with Crippen LogP contribution in [0.25, 0.3) is 21.5 Å². The molecule has 26 heavy (non-hydrogen) atoms. The lowest BCUT2D eigenvalue weighted by Crippen LogP contribution is -2.09. The highest BCUT2D eigenvalue weighted by Gasteiger charge is 2.22. The molecule has 0 aliphatic rings. The first-order chi connectivity index (χ1) is 12.6. The van der Waals surface area contributed by atoms with E-state index in [0.29, 0.717) is 5.75 Å². The summed E-state index contributed by atoms with van der Waals surface area (Å²) in [5.74, 6) is 3.53. The standard InChI is InChI=1S/C24H19OS/c1-26(25,16-15-19-9-3-2-4-10-19)18-24-22-13-7-5-11-20(22)17-21-12-6-8-14-23(21)24/h2-14,17H,18H2,1H3/q+1. The fourth-order valence-electron chi connectivity index (χ4n) is 3.26. The molecule has 0 bridgehead atoms. The molecule has 4 aromatic carbocycles. The van der Waals surface area contributed by atoms with Crippen molar-refractivity contribution in [1.29, 1.82) is 0 Å². The molecule has 0 aliphatic heterocycles. The van der Waals surface area contributed by atoms with Crippen LogP contribution in [0, 0.1) is 11.2 Å². The average Bonchev–Trinajstić information content (AvgIpc) is 2.67. The Morgan fingerprint density at radius 1 is 0.769 bits per heavy atom. The first-order valence-electron chi connectivity index (χ1n) is 8.56. The zero-order valence-electron chi connectivity index (χ0n) is 14.6. The van der Waals surface area contributed by atoms with Crippen molar-refractivity contribution >= 4 is 31.5 Å². The Bertz CT molecular complexity index is 1140. The zero-order chi connectivity index (χ0) is 18.0. The van der Waals surface area contributed by atoms with Crippen molar-refractivity contribution in [3.8, 4) is 11.2 Å². The Hall–Kier alpha value is -2.89. The largest absolute Gasteiger partial charge is 0.162 e. The van der Waals surface area contributed by atoms with E-state index in [4.69, 9.17) is 0 Å². The molecule has 2 heteroatoms. The van der Waals surface area contributed by atoms with Crippen molar-refractivity contribution < 1.29 is 4.21 Å². The molecule has 1 nitrogen and oxygen atoms in total. The normalized spacial score (nSPS) is 13.1. The molecule has 1 unspecified atom stereocenters. The molecule has 0 aromatic heterocycles. The van der Waals surface area contributed by atoms with Crippen molar-refractivity contribution in [3.63, 3.8) is 0 Å². The molecule has 0 heterocycles. The molecule has 4 aromatic rings. The van der Waals surface area contributed by atoms with Gasteiger partial charge in [-0.15, -0.1) is 0 Å². The van der Waals surface area contributed by atoms with Crippen molar-refractivity contribution in [2.24, 2.45) is 0 Å². The Morgan fingerprint density at radius 2 is 1.31 bits per heavy atom. The molecule has 0 fully saturated rings. The highest BCUT2D eigenvalue weighted by Crippen LogP contribution is 2.30. The van der Waals surface area contributed by atoms with Gasteiger partial charge in [0.05, 0.1) is 0 Å². The minimum Gasteiger partial charge on any atom is -0.0901 e. The number of fused-ring (bicyclic) bond motifs is 2. The van der Waals surface area contributed by atoms with Crippen LogP contribution in [0.4, 0.5) is 0 Å². The second kappa shape index (κ2) is 6.78. The second-order valence-electron chi connectivity index (χ2n) is 6.54. The number of hydrogen-bond donors (Lipinski definition) is 0. The summed E-state index contributed by atoms with van der Waals surface area (Å²) in [5, 5.41) is 7.69. The highest BCUT2D eigenvalue weighted by atomic mass is 32.2. The summed E-state index contributed by atoms with van der Waals surface area (Å²) in [5.41, 5.74) is 2.01. The monoisotopic (exact) mass is 355 g/mol. The van der Waals surface area contributed by atoms with Crippen LogP contribution >= 0.6 is 0 Å². The molecule has 1 atom stereocenters. The van der Waals surface area contributed by atoms with Crippen LogP contribution < -0.4 is 0 Å². The predicted octanol–water partition coefficient (Wildman–Crippen LogP) is 5.63. The van der Waals surface area contributed by atoms with Crippen LogP contribution in [-0.2, 0) is 19.9 Å². The maximum absolute atomic E-state index is 13.2. The first-order valence-corrected chi connectivity index (χ1v) is 10.7. The second-order valence-corrected chi connectivity index (χ2v) is 9.04. The summed E-state index contributed by atoms with van der Waals surface area (Å²) in [6, 6.07) is 28.5. The lowest BCUT2D eigenvalue weighted by molar-refractivity contribution is 0.593. The molecule has 0 saturated heterocycles. The van der Waals surface area contributed by atoms with E-state index in [1.165, 1.54) is 10.8 Å². The van der Waals surface area contributed by atoms with Gasteiger partial charge in [-0.05, 0) is 45.7 Å². The SMILES string of the molecule is C[S+](=O)(C#Cc1ccccc1)Cc1c2ccccc2cc2ccccc12. The van der Waals surface area contributed by atoms with Gasteiger partial charge >= 0.3 is 0 Å². The maximum Gasteiger partial charge on any atom is 0.162 e. The predicted molar refractivity (Wildman–Crippen MR) is 112 cm³/mol. The van der Waals surface area contributed by atoms with Crippen LogP contribution in [0.1, 0.15) is 11.1 Å². The number of benzene rings is 4. The minimum absolute atomic E-state index is 0.453. The molecule has 0 radical (unpaired) electrons. The molecule has 4 rings (SSSR count). The molecule has 0 amide bonds. The summed E-state index contributed by atoms with van der Waals surface area (Å²) in [6.07, 6.45) is 1.76. The van der Waals surface area contributed by atoms with Gasteiger partial charge in [0.15, 0.2) is 20.9 Å². The molecular formula is C24H19OS+. The smallest absolute Gasteiger partial charge is 0.0901 e. The van der Waals surface area contributed by atoms with Gasteiger partial charge < -0.3 is 0 Å². The average molecular weight is 355 g/mol. The van der Waals surface area contributed by atoms with E-state index in [1.807, 2.05) is 54.6 Å². The Kier molecular flexibility index (Phi) is 4.32. The van der Waals surface area contributed by atoms with Crippen LogP contribution in [0.5, 0.6) is 0 Å². The van der Waals surface area contributed by atoms with Crippen LogP contribution in [0.3, 0.4) is 0 Å². The van der Waals surface area contributed by atoms with Crippen LogP contribution in [-0.4, -0.2) is 6.26 Å². The summed E-state index contributed by atoms with van der Waals surface area (Å²) in [7, 11) is -2.33. The molecule has 0 spiro atoms. The fraction of sp³-hybridized carbons (Fsp3) is 0.0833. The number of hydrogen-bond acceptors (Lipinski definition) is 1. The van der Waals surface area contributed by atoms with Gasteiger partial charge in [0.1, 0.15) is 6.26 Å². The van der Waals surface area contributed by atoms with E-state index < -0.39 is 9.93 Å². The topological polar surface area (TPSA) is 17.1 Å². The maximum atomic E-state index is 13.2. The molecule has 0 N–H and O–H groups in total. The van der Waals surface area contributed by atoms with Gasteiger partial charge in [-0.25, -0.2) is 0 Å². The number of rotatable bonds is 2. The van der Waals surface area contributed by atoms with Gasteiger partial charge in [0.2, 0.25) is 0 Å². The van der Waals surface area contributed by atoms with Crippen molar-refractivity contribution in [1.82, 2.24) is 0 Å². The van der Waals surface area contributed by atoms with Gasteiger partial charge in [-0.3, -0.25) is 0 Å². The van der Waals surface area contributed by atoms with Crippen molar-refractivity contribution in [3.05, 3.63) is 96.1 Å². The summed E-state index contributed by atoms with van der Waals surface area (Å²) < 4.78 is 13.2. The molecule has 126 valence electrons. The summed E-state index contributed by atoms with van der Waals surface area (Å²) in [6.45, 7) is 0. The van der Waals surface area contributed by atoms with Gasteiger partial charge in [0, 0.05) is 11.1 Å². The molecule has 0 saturated carbocycles. The summed E-state index contributed by atoms with van der Waals surface area (Å²) >= 11 is 0. The van der Waals surface area contributed by atoms with Gasteiger partial charge in [-0.2, -0.15) is 0 Å². The van der Waals surface area contributed by atoms with E-state index in [-0.39, 0.29) is 0 Å². The lowest BCUT2D eigenvalue weighted by atomic mass is 9.98. The quantitative estimate of drug-likeness (QED) is 0.259. The first kappa shape index (κ1) is 16.6. The third-order valence-electron chi connectivity index (χ3n) is 4.49. The third-order valence-corrected chi connectivity index (χ3v) is 5.86. The Labute approximate surface area is 155 Å². The third kappa shape index (κ3) is 3.40. The van der Waals surface area contributed by atoms with Gasteiger partial charge in [-0.1, -0.05) is 70.9 Å². The van der Waals surface area contributed by atoms with Crippen LogP contribution in [0.15, 0.2) is 84.9 Å². The lowest BCUT2D eigenvalue weighted by Gasteiger charge is -2.10. The fourth-order valence-corrected chi connectivity index (χ4v) is 4.53.